The highest BCUT2D eigenvalue weighted by Gasteiger charge is 2.19. The number of carbonyl (C=O) groups is 2. The quantitative estimate of drug-likeness (QED) is 0.472. The van der Waals surface area contributed by atoms with Crippen molar-refractivity contribution in [3.63, 3.8) is 0 Å². The molecule has 104 valence electrons. The molecular formula is C12H15BrN2O4. The van der Waals surface area contributed by atoms with E-state index in [1.54, 1.807) is 6.92 Å². The summed E-state index contributed by atoms with van der Waals surface area (Å²) in [6.45, 7) is 4.27. The van der Waals surface area contributed by atoms with Crippen LogP contribution in [0.5, 0.6) is 5.88 Å². The van der Waals surface area contributed by atoms with Crippen molar-refractivity contribution in [1.82, 2.24) is 4.98 Å². The van der Waals surface area contributed by atoms with Gasteiger partial charge in [0.25, 0.3) is 0 Å². The highest BCUT2D eigenvalue weighted by molar-refractivity contribution is 9.10. The van der Waals surface area contributed by atoms with Crippen LogP contribution in [0.2, 0.25) is 0 Å². The molecule has 1 rings (SSSR count). The molecule has 0 atom stereocenters. The first kappa shape index (κ1) is 15.4. The van der Waals surface area contributed by atoms with Crippen molar-refractivity contribution >= 4 is 33.5 Å². The van der Waals surface area contributed by atoms with E-state index in [-0.39, 0.29) is 30.3 Å². The Morgan fingerprint density at radius 1 is 1.47 bits per heavy atom. The molecule has 0 saturated heterocycles. The SMILES string of the molecule is CCNc1nc(O)c(Br)cc1C(=O)CC(=O)OCC. The number of halogens is 1. The molecule has 0 aliphatic carbocycles. The Hall–Kier alpha value is -1.63. The molecule has 1 heterocycles. The summed E-state index contributed by atoms with van der Waals surface area (Å²) < 4.78 is 5.02. The molecular weight excluding hydrogens is 316 g/mol. The monoisotopic (exact) mass is 330 g/mol. The van der Waals surface area contributed by atoms with Crippen LogP contribution in [0.25, 0.3) is 0 Å². The van der Waals surface area contributed by atoms with Gasteiger partial charge in [0.1, 0.15) is 12.2 Å². The van der Waals surface area contributed by atoms with Crippen molar-refractivity contribution in [3.05, 3.63) is 16.1 Å². The van der Waals surface area contributed by atoms with Gasteiger partial charge < -0.3 is 15.2 Å². The molecule has 7 heteroatoms. The summed E-state index contributed by atoms with van der Waals surface area (Å²) in [7, 11) is 0. The van der Waals surface area contributed by atoms with E-state index >= 15 is 0 Å². The maximum Gasteiger partial charge on any atom is 0.313 e. The molecule has 0 aliphatic rings. The standard InChI is InChI=1S/C12H15BrN2O4/c1-3-14-11-7(5-8(13)12(18)15-11)9(16)6-10(17)19-4-2/h5H,3-4,6H2,1-2H3,(H2,14,15,18). The van der Waals surface area contributed by atoms with Crippen molar-refractivity contribution in [2.45, 2.75) is 20.3 Å². The van der Waals surface area contributed by atoms with Crippen molar-refractivity contribution in [3.8, 4) is 5.88 Å². The number of aromatic nitrogens is 1. The van der Waals surface area contributed by atoms with E-state index in [1.165, 1.54) is 6.07 Å². The smallest absolute Gasteiger partial charge is 0.313 e. The Morgan fingerprint density at radius 3 is 2.74 bits per heavy atom. The predicted molar refractivity (Wildman–Crippen MR) is 73.3 cm³/mol. The van der Waals surface area contributed by atoms with Gasteiger partial charge in [-0.2, -0.15) is 4.98 Å². The van der Waals surface area contributed by atoms with E-state index in [0.29, 0.717) is 11.0 Å². The second kappa shape index (κ2) is 7.08. The van der Waals surface area contributed by atoms with Gasteiger partial charge in [-0.3, -0.25) is 9.59 Å². The lowest BCUT2D eigenvalue weighted by atomic mass is 10.1. The fraction of sp³-hybridized carbons (Fsp3) is 0.417. The van der Waals surface area contributed by atoms with Crippen LogP contribution in [0.4, 0.5) is 5.82 Å². The summed E-state index contributed by atoms with van der Waals surface area (Å²) in [6.07, 6.45) is -0.356. The van der Waals surface area contributed by atoms with Gasteiger partial charge in [0.2, 0.25) is 5.88 Å². The molecule has 0 spiro atoms. The lowest BCUT2D eigenvalue weighted by Crippen LogP contribution is -2.14. The number of esters is 1. The van der Waals surface area contributed by atoms with Crippen molar-refractivity contribution in [1.29, 1.82) is 0 Å². The van der Waals surface area contributed by atoms with Gasteiger partial charge in [0.15, 0.2) is 5.78 Å². The molecule has 19 heavy (non-hydrogen) atoms. The van der Waals surface area contributed by atoms with Gasteiger partial charge in [-0.25, -0.2) is 0 Å². The third-order valence-electron chi connectivity index (χ3n) is 2.21. The second-order valence-corrected chi connectivity index (χ2v) is 4.48. The highest BCUT2D eigenvalue weighted by Crippen LogP contribution is 2.27. The average Bonchev–Trinajstić information content (AvgIpc) is 2.34. The Morgan fingerprint density at radius 2 is 2.16 bits per heavy atom. The number of aromatic hydroxyl groups is 1. The van der Waals surface area contributed by atoms with Crippen LogP contribution in [0.3, 0.4) is 0 Å². The van der Waals surface area contributed by atoms with Crippen LogP contribution < -0.4 is 5.32 Å². The Labute approximate surface area is 119 Å². The Kier molecular flexibility index (Phi) is 5.75. The maximum atomic E-state index is 12.0. The molecule has 0 unspecified atom stereocenters. The number of anilines is 1. The van der Waals surface area contributed by atoms with Crippen molar-refractivity contribution in [2.75, 3.05) is 18.5 Å². The minimum absolute atomic E-state index is 0.219. The first-order valence-corrected chi connectivity index (χ1v) is 6.61. The maximum absolute atomic E-state index is 12.0. The van der Waals surface area contributed by atoms with E-state index in [0.717, 1.165) is 0 Å². The molecule has 1 aromatic rings. The molecule has 2 N–H and O–H groups in total. The van der Waals surface area contributed by atoms with Gasteiger partial charge in [-0.1, -0.05) is 0 Å². The summed E-state index contributed by atoms with van der Waals surface area (Å²) in [5.74, 6) is -0.970. The summed E-state index contributed by atoms with van der Waals surface area (Å²) in [5, 5.41) is 12.4. The molecule has 0 radical (unpaired) electrons. The zero-order chi connectivity index (χ0) is 14.4. The topological polar surface area (TPSA) is 88.5 Å². The van der Waals surface area contributed by atoms with Crippen molar-refractivity contribution < 1.29 is 19.4 Å². The number of carbonyl (C=O) groups excluding carboxylic acids is 2. The largest absolute Gasteiger partial charge is 0.492 e. The summed E-state index contributed by atoms with van der Waals surface area (Å²) >= 11 is 3.09. The number of nitrogens with zero attached hydrogens (tertiary/aromatic N) is 1. The van der Waals surface area contributed by atoms with E-state index in [4.69, 9.17) is 4.74 Å². The first-order valence-electron chi connectivity index (χ1n) is 5.81. The summed E-state index contributed by atoms with van der Waals surface area (Å²) in [4.78, 5) is 27.2. The molecule has 0 aliphatic heterocycles. The predicted octanol–water partition coefficient (Wildman–Crippen LogP) is 2.12. The highest BCUT2D eigenvalue weighted by atomic mass is 79.9. The summed E-state index contributed by atoms with van der Waals surface area (Å²) in [5.41, 5.74) is 0.236. The van der Waals surface area contributed by atoms with E-state index in [9.17, 15) is 14.7 Å². The molecule has 0 amide bonds. The van der Waals surface area contributed by atoms with Crippen LogP contribution >= 0.6 is 15.9 Å². The molecule has 0 fully saturated rings. The van der Waals surface area contributed by atoms with E-state index in [1.807, 2.05) is 6.92 Å². The fourth-order valence-electron chi connectivity index (χ4n) is 1.43. The van der Waals surface area contributed by atoms with Gasteiger partial charge in [-0.15, -0.1) is 0 Å². The number of rotatable bonds is 6. The minimum atomic E-state index is -0.584. The third-order valence-corrected chi connectivity index (χ3v) is 2.80. The number of pyridine rings is 1. The Bertz CT molecular complexity index is 491. The second-order valence-electron chi connectivity index (χ2n) is 3.63. The first-order chi connectivity index (χ1) is 8.99. The van der Waals surface area contributed by atoms with Crippen LogP contribution in [-0.4, -0.2) is 35.0 Å². The van der Waals surface area contributed by atoms with Crippen LogP contribution in [0.15, 0.2) is 10.5 Å². The fourth-order valence-corrected chi connectivity index (χ4v) is 1.75. The Balaban J connectivity index is 3.00. The van der Waals surface area contributed by atoms with E-state index < -0.39 is 11.8 Å². The third kappa shape index (κ3) is 4.20. The van der Waals surface area contributed by atoms with Gasteiger partial charge in [0, 0.05) is 6.54 Å². The average molecular weight is 331 g/mol. The molecule has 1 aromatic heterocycles. The molecule has 0 saturated carbocycles. The van der Waals surface area contributed by atoms with Crippen molar-refractivity contribution in [2.24, 2.45) is 0 Å². The lowest BCUT2D eigenvalue weighted by molar-refractivity contribution is -0.141. The number of hydrogen-bond donors (Lipinski definition) is 2. The molecule has 0 bridgehead atoms. The molecule has 6 nitrogen and oxygen atoms in total. The van der Waals surface area contributed by atoms with Crippen LogP contribution in [0.1, 0.15) is 30.6 Å². The number of Topliss-reactive ketones (excluding diaryl/α,β-unsaturated/α-hetero) is 1. The van der Waals surface area contributed by atoms with Gasteiger partial charge >= 0.3 is 5.97 Å². The number of ether oxygens (including phenoxy) is 1. The van der Waals surface area contributed by atoms with Gasteiger partial charge in [-0.05, 0) is 35.8 Å². The van der Waals surface area contributed by atoms with Gasteiger partial charge in [0.05, 0.1) is 16.6 Å². The summed E-state index contributed by atoms with van der Waals surface area (Å²) in [6, 6.07) is 1.43. The van der Waals surface area contributed by atoms with E-state index in [2.05, 4.69) is 26.2 Å². The minimum Gasteiger partial charge on any atom is -0.492 e. The normalized spacial score (nSPS) is 10.1. The van der Waals surface area contributed by atoms with Crippen LogP contribution in [0, 0.1) is 0 Å². The zero-order valence-corrected chi connectivity index (χ0v) is 12.3. The van der Waals surface area contributed by atoms with Crippen LogP contribution in [-0.2, 0) is 9.53 Å². The number of nitrogens with one attached hydrogen (secondary N) is 1. The molecule has 0 aromatic carbocycles. The lowest BCUT2D eigenvalue weighted by Gasteiger charge is -2.10. The number of hydrogen-bond acceptors (Lipinski definition) is 6. The zero-order valence-electron chi connectivity index (χ0n) is 10.7. The number of ketones is 1.